The number of hydrogen-bond donors (Lipinski definition) is 2. The molecule has 4 amide bonds. The van der Waals surface area contributed by atoms with E-state index in [2.05, 4.69) is 10.6 Å². The van der Waals surface area contributed by atoms with E-state index >= 15 is 0 Å². The second kappa shape index (κ2) is 14.1. The smallest absolute Gasteiger partial charge is 0.267 e. The zero-order valence-electron chi connectivity index (χ0n) is 24.5. The third kappa shape index (κ3) is 7.15. The van der Waals surface area contributed by atoms with E-state index in [1.54, 1.807) is 0 Å². The Balaban J connectivity index is 0.986. The van der Waals surface area contributed by atoms with E-state index in [9.17, 15) is 19.2 Å². The third-order valence-corrected chi connectivity index (χ3v) is 10.6. The van der Waals surface area contributed by atoms with Crippen LogP contribution in [0.2, 0.25) is 0 Å². The molecule has 0 unspecified atom stereocenters. The molecule has 4 aromatic carbocycles. The predicted molar refractivity (Wildman–Crippen MR) is 194 cm³/mol. The highest BCUT2D eigenvalue weighted by atomic mass is 32.2. The van der Waals surface area contributed by atoms with Crippen molar-refractivity contribution in [3.8, 4) is 0 Å². The third-order valence-electron chi connectivity index (χ3n) is 7.54. The normalized spacial score (nSPS) is 16.6. The Morgan fingerprint density at radius 2 is 0.978 bits per heavy atom. The van der Waals surface area contributed by atoms with Crippen molar-refractivity contribution >= 4 is 113 Å². The van der Waals surface area contributed by atoms with E-state index in [1.165, 1.54) is 9.80 Å². The molecule has 0 radical (unpaired) electrons. The van der Waals surface area contributed by atoms with Crippen LogP contribution in [0.5, 0.6) is 0 Å². The topological polar surface area (TPSA) is 98.8 Å². The molecule has 12 heteroatoms. The van der Waals surface area contributed by atoms with Gasteiger partial charge in [-0.1, -0.05) is 109 Å². The van der Waals surface area contributed by atoms with Crippen LogP contribution in [0.4, 0.5) is 11.4 Å². The molecule has 0 aromatic heterocycles. The maximum atomic E-state index is 13.3. The number of thioether (sulfide) groups is 2. The standard InChI is InChI=1S/C34H28N4O4S4/c39-27(35-25-15-13-21-7-1-3-9-23(21)19-25)11-5-17-37-31(41)29(45-33(37)43)30-32(42)38(34(44)46-30)18-6-12-28(40)36-26-16-14-22-8-2-4-10-24(22)20-26/h1-4,7-10,13-16,19-20H,5-6,11-12,17-18H2,(H,35,39)(H,36,40). The van der Waals surface area contributed by atoms with Crippen molar-refractivity contribution in [2.75, 3.05) is 23.7 Å². The van der Waals surface area contributed by atoms with Gasteiger partial charge in [0.2, 0.25) is 11.8 Å². The van der Waals surface area contributed by atoms with Crippen LogP contribution in [0.1, 0.15) is 25.7 Å². The van der Waals surface area contributed by atoms with Gasteiger partial charge in [0.25, 0.3) is 11.8 Å². The van der Waals surface area contributed by atoms with Crippen LogP contribution >= 0.6 is 48.0 Å². The number of carbonyl (C=O) groups excluding carboxylic acids is 4. The van der Waals surface area contributed by atoms with Gasteiger partial charge in [0.15, 0.2) is 0 Å². The number of fused-ring (bicyclic) bond motifs is 2. The molecule has 2 N–H and O–H groups in total. The molecule has 8 nitrogen and oxygen atoms in total. The second-order valence-corrected chi connectivity index (χ2v) is 14.0. The molecule has 2 aliphatic heterocycles. The number of thiocarbonyl (C=S) groups is 2. The first-order valence-corrected chi connectivity index (χ1v) is 17.1. The first-order valence-electron chi connectivity index (χ1n) is 14.7. The molecule has 0 atom stereocenters. The number of anilines is 2. The average Bonchev–Trinajstić information content (AvgIpc) is 3.49. The lowest BCUT2D eigenvalue weighted by molar-refractivity contribution is -0.124. The minimum absolute atomic E-state index is 0.160. The van der Waals surface area contributed by atoms with E-state index in [0.29, 0.717) is 32.9 Å². The predicted octanol–water partition coefficient (Wildman–Crippen LogP) is 7.06. The fraction of sp³-hybridized carbons (Fsp3) is 0.176. The number of nitrogens with zero attached hydrogens (tertiary/aromatic N) is 2. The maximum Gasteiger partial charge on any atom is 0.267 e. The van der Waals surface area contributed by atoms with Crippen LogP contribution in [-0.2, 0) is 19.2 Å². The lowest BCUT2D eigenvalue weighted by atomic mass is 10.1. The van der Waals surface area contributed by atoms with E-state index < -0.39 is 0 Å². The summed E-state index contributed by atoms with van der Waals surface area (Å²) >= 11 is 13.1. The molecule has 232 valence electrons. The highest BCUT2D eigenvalue weighted by Gasteiger charge is 2.41. The molecule has 2 fully saturated rings. The number of carbonyl (C=O) groups is 4. The summed E-state index contributed by atoms with van der Waals surface area (Å²) in [6.07, 6.45) is 1.22. The molecular formula is C34H28N4O4S4. The zero-order chi connectivity index (χ0) is 32.2. The van der Waals surface area contributed by atoms with Crippen LogP contribution in [0.3, 0.4) is 0 Å². The molecule has 2 aliphatic rings. The molecule has 2 heterocycles. The summed E-state index contributed by atoms with van der Waals surface area (Å²) in [5.74, 6) is -1.04. The van der Waals surface area contributed by atoms with Crippen molar-refractivity contribution in [3.63, 3.8) is 0 Å². The first-order chi connectivity index (χ1) is 22.3. The van der Waals surface area contributed by atoms with Crippen molar-refractivity contribution in [1.82, 2.24) is 9.80 Å². The summed E-state index contributed by atoms with van der Waals surface area (Å²) in [4.78, 5) is 55.1. The van der Waals surface area contributed by atoms with Gasteiger partial charge in [-0.15, -0.1) is 0 Å². The molecular weight excluding hydrogens is 657 g/mol. The van der Waals surface area contributed by atoms with E-state index in [1.807, 2.05) is 84.9 Å². The minimum Gasteiger partial charge on any atom is -0.326 e. The SMILES string of the molecule is O=C(CCCN1C(=O)C(=C2SC(=S)N(CCCC(=O)Nc3ccc4ccccc4c3)C2=O)SC1=S)Nc1ccc2ccccc2c1. The number of amides is 4. The van der Waals surface area contributed by atoms with Crippen LogP contribution in [-0.4, -0.2) is 55.2 Å². The summed E-state index contributed by atoms with van der Waals surface area (Å²) in [5, 5.41) is 10.1. The van der Waals surface area contributed by atoms with Gasteiger partial charge >= 0.3 is 0 Å². The molecule has 0 spiro atoms. The molecule has 46 heavy (non-hydrogen) atoms. The summed E-state index contributed by atoms with van der Waals surface area (Å²) in [5.41, 5.74) is 1.42. The maximum absolute atomic E-state index is 13.3. The van der Waals surface area contributed by atoms with Gasteiger partial charge in [0.1, 0.15) is 8.64 Å². The van der Waals surface area contributed by atoms with Gasteiger partial charge in [0, 0.05) is 37.3 Å². The lowest BCUT2D eigenvalue weighted by Gasteiger charge is -2.15. The Morgan fingerprint density at radius 1 is 0.587 bits per heavy atom. The Morgan fingerprint density at radius 3 is 1.39 bits per heavy atom. The number of nitrogens with one attached hydrogen (secondary N) is 2. The molecule has 2 saturated heterocycles. The van der Waals surface area contributed by atoms with Gasteiger partial charge in [0.05, 0.1) is 9.81 Å². The number of hydrogen-bond acceptors (Lipinski definition) is 8. The zero-order valence-corrected chi connectivity index (χ0v) is 27.8. The molecule has 6 rings (SSSR count). The Bertz CT molecular complexity index is 1820. The highest BCUT2D eigenvalue weighted by molar-refractivity contribution is 8.29. The fourth-order valence-electron chi connectivity index (χ4n) is 5.23. The van der Waals surface area contributed by atoms with Crippen LogP contribution in [0.15, 0.2) is 94.7 Å². The fourth-order valence-corrected chi connectivity index (χ4v) is 8.00. The average molecular weight is 685 g/mol. The van der Waals surface area contributed by atoms with Crippen molar-refractivity contribution in [1.29, 1.82) is 0 Å². The number of benzene rings is 4. The van der Waals surface area contributed by atoms with Gasteiger partial charge in [-0.05, 0) is 58.7 Å². The van der Waals surface area contributed by atoms with Crippen LogP contribution in [0, 0.1) is 0 Å². The second-order valence-electron chi connectivity index (χ2n) is 10.7. The van der Waals surface area contributed by atoms with Gasteiger partial charge < -0.3 is 10.6 Å². The summed E-state index contributed by atoms with van der Waals surface area (Å²) in [6, 6.07) is 27.3. The molecule has 4 aromatic rings. The summed E-state index contributed by atoms with van der Waals surface area (Å²) in [7, 11) is 0. The Labute approximate surface area is 284 Å². The molecule has 0 saturated carbocycles. The van der Waals surface area contributed by atoms with Gasteiger partial charge in [-0.25, -0.2) is 0 Å². The monoisotopic (exact) mass is 684 g/mol. The van der Waals surface area contributed by atoms with Crippen molar-refractivity contribution in [2.24, 2.45) is 0 Å². The highest BCUT2D eigenvalue weighted by Crippen LogP contribution is 2.42. The van der Waals surface area contributed by atoms with Crippen molar-refractivity contribution in [2.45, 2.75) is 25.7 Å². The summed E-state index contributed by atoms with van der Waals surface area (Å²) in [6.45, 7) is 0.512. The van der Waals surface area contributed by atoms with Crippen LogP contribution < -0.4 is 10.6 Å². The lowest BCUT2D eigenvalue weighted by Crippen LogP contribution is -2.31. The van der Waals surface area contributed by atoms with Crippen LogP contribution in [0.25, 0.3) is 21.5 Å². The molecule has 0 bridgehead atoms. The van der Waals surface area contributed by atoms with E-state index in [0.717, 1.165) is 45.1 Å². The Kier molecular flexibility index (Phi) is 9.78. The number of rotatable bonds is 10. The van der Waals surface area contributed by atoms with E-state index in [4.69, 9.17) is 24.4 Å². The van der Waals surface area contributed by atoms with Gasteiger partial charge in [-0.2, -0.15) is 0 Å². The van der Waals surface area contributed by atoms with E-state index in [-0.39, 0.29) is 59.4 Å². The van der Waals surface area contributed by atoms with Crippen molar-refractivity contribution in [3.05, 3.63) is 94.7 Å². The molecule has 0 aliphatic carbocycles. The largest absolute Gasteiger partial charge is 0.326 e. The first kappa shape index (κ1) is 31.9. The minimum atomic E-state index is -0.361. The van der Waals surface area contributed by atoms with Gasteiger partial charge in [-0.3, -0.25) is 29.0 Å². The van der Waals surface area contributed by atoms with Crippen molar-refractivity contribution < 1.29 is 19.2 Å². The Hall–Kier alpha value is -4.10. The summed E-state index contributed by atoms with van der Waals surface area (Å²) < 4.78 is 0.677. The quantitative estimate of drug-likeness (QED) is 0.135.